The second-order valence-corrected chi connectivity index (χ2v) is 5.38. The molecule has 0 saturated carbocycles. The maximum atomic E-state index is 12.1. The van der Waals surface area contributed by atoms with Crippen LogP contribution < -0.4 is 10.1 Å². The van der Waals surface area contributed by atoms with Gasteiger partial charge >= 0.3 is 5.97 Å². The number of H-pyrrole nitrogens is 1. The van der Waals surface area contributed by atoms with Gasteiger partial charge in [-0.05, 0) is 41.1 Å². The number of hydrogen-bond donors (Lipinski definition) is 2. The summed E-state index contributed by atoms with van der Waals surface area (Å²) in [6.45, 7) is 1.50. The molecule has 0 radical (unpaired) electrons. The lowest BCUT2D eigenvalue weighted by Crippen LogP contribution is -2.30. The molecule has 0 aliphatic carbocycles. The molecule has 22 heavy (non-hydrogen) atoms. The number of carbonyl (C=O) groups excluding carboxylic acids is 2. The van der Waals surface area contributed by atoms with E-state index >= 15 is 0 Å². The van der Waals surface area contributed by atoms with Crippen LogP contribution in [-0.2, 0) is 9.53 Å². The number of halogens is 1. The van der Waals surface area contributed by atoms with Crippen LogP contribution in [0.4, 0.5) is 5.69 Å². The number of anilines is 1. The van der Waals surface area contributed by atoms with Crippen LogP contribution in [0.5, 0.6) is 5.75 Å². The van der Waals surface area contributed by atoms with Gasteiger partial charge in [-0.3, -0.25) is 4.79 Å². The molecule has 6 nitrogen and oxygen atoms in total. The van der Waals surface area contributed by atoms with Gasteiger partial charge in [0, 0.05) is 10.7 Å². The lowest BCUT2D eigenvalue weighted by molar-refractivity contribution is -0.123. The normalized spacial score (nSPS) is 11.6. The van der Waals surface area contributed by atoms with E-state index in [0.29, 0.717) is 11.4 Å². The van der Waals surface area contributed by atoms with Crippen LogP contribution in [0.25, 0.3) is 0 Å². The highest BCUT2D eigenvalue weighted by Gasteiger charge is 2.20. The van der Waals surface area contributed by atoms with E-state index in [1.54, 1.807) is 36.5 Å². The van der Waals surface area contributed by atoms with E-state index < -0.39 is 18.0 Å². The SMILES string of the molecule is COc1ccccc1NC(=O)[C@@H](C)OC(=O)c1cc(Br)c[nH]1. The fraction of sp³-hybridized carbons (Fsp3) is 0.200. The average Bonchev–Trinajstić information content (AvgIpc) is 2.94. The Hall–Kier alpha value is -2.28. The first-order valence-electron chi connectivity index (χ1n) is 6.50. The average molecular weight is 367 g/mol. The van der Waals surface area contributed by atoms with Crippen molar-refractivity contribution >= 4 is 33.5 Å². The van der Waals surface area contributed by atoms with Crippen molar-refractivity contribution in [3.05, 3.63) is 46.7 Å². The number of methoxy groups -OCH3 is 1. The molecule has 0 fully saturated rings. The van der Waals surface area contributed by atoms with E-state index in [9.17, 15) is 9.59 Å². The van der Waals surface area contributed by atoms with Gasteiger partial charge in [0.25, 0.3) is 5.91 Å². The minimum Gasteiger partial charge on any atom is -0.495 e. The number of hydrogen-bond acceptors (Lipinski definition) is 4. The molecule has 0 saturated heterocycles. The lowest BCUT2D eigenvalue weighted by Gasteiger charge is -2.14. The van der Waals surface area contributed by atoms with Crippen molar-refractivity contribution < 1.29 is 19.1 Å². The Morgan fingerprint density at radius 1 is 1.32 bits per heavy atom. The van der Waals surface area contributed by atoms with E-state index in [1.165, 1.54) is 14.0 Å². The largest absolute Gasteiger partial charge is 0.495 e. The molecule has 2 aromatic rings. The number of ether oxygens (including phenoxy) is 2. The number of amides is 1. The fourth-order valence-electron chi connectivity index (χ4n) is 1.75. The monoisotopic (exact) mass is 366 g/mol. The number of para-hydroxylation sites is 2. The first-order valence-corrected chi connectivity index (χ1v) is 7.29. The maximum absolute atomic E-state index is 12.1. The molecule has 0 aliphatic heterocycles. The first kappa shape index (κ1) is 16.1. The maximum Gasteiger partial charge on any atom is 0.355 e. The van der Waals surface area contributed by atoms with Crippen LogP contribution in [0.3, 0.4) is 0 Å². The van der Waals surface area contributed by atoms with Crippen LogP contribution in [0.1, 0.15) is 17.4 Å². The lowest BCUT2D eigenvalue weighted by atomic mass is 10.2. The smallest absolute Gasteiger partial charge is 0.355 e. The van der Waals surface area contributed by atoms with Crippen LogP contribution in [0, 0.1) is 0 Å². The topological polar surface area (TPSA) is 80.4 Å². The van der Waals surface area contributed by atoms with E-state index in [4.69, 9.17) is 9.47 Å². The first-order chi connectivity index (χ1) is 10.5. The molecular weight excluding hydrogens is 352 g/mol. The van der Waals surface area contributed by atoms with Gasteiger partial charge in [0.15, 0.2) is 6.10 Å². The number of carbonyl (C=O) groups is 2. The number of rotatable bonds is 5. The summed E-state index contributed by atoms with van der Waals surface area (Å²) in [5.74, 6) is -0.514. The number of nitrogens with one attached hydrogen (secondary N) is 2. The molecule has 116 valence electrons. The van der Waals surface area contributed by atoms with Gasteiger partial charge in [-0.25, -0.2) is 4.79 Å². The Bertz CT molecular complexity index is 684. The molecule has 0 spiro atoms. The van der Waals surface area contributed by atoms with Gasteiger partial charge in [-0.2, -0.15) is 0 Å². The zero-order chi connectivity index (χ0) is 16.1. The summed E-state index contributed by atoms with van der Waals surface area (Å²) in [6, 6.07) is 8.57. The highest BCUT2D eigenvalue weighted by molar-refractivity contribution is 9.10. The summed E-state index contributed by atoms with van der Waals surface area (Å²) in [6.07, 6.45) is 0.662. The number of aromatic amines is 1. The number of esters is 1. The highest BCUT2D eigenvalue weighted by atomic mass is 79.9. The van der Waals surface area contributed by atoms with E-state index in [1.807, 2.05) is 0 Å². The van der Waals surface area contributed by atoms with Gasteiger partial charge in [-0.1, -0.05) is 12.1 Å². The predicted molar refractivity (Wildman–Crippen MR) is 85.0 cm³/mol. The molecule has 7 heteroatoms. The van der Waals surface area contributed by atoms with Crippen molar-refractivity contribution in [1.29, 1.82) is 0 Å². The zero-order valence-electron chi connectivity index (χ0n) is 12.1. The van der Waals surface area contributed by atoms with Crippen molar-refractivity contribution in [3.8, 4) is 5.75 Å². The minimum absolute atomic E-state index is 0.267. The molecule has 2 N–H and O–H groups in total. The standard InChI is InChI=1S/C15H15BrN2O4/c1-9(22-15(20)12-7-10(16)8-17-12)14(19)18-11-5-3-4-6-13(11)21-2/h3-9,17H,1-2H3,(H,18,19)/t9-/m1/s1. The molecule has 1 aromatic carbocycles. The Kier molecular flexibility index (Phi) is 5.21. The van der Waals surface area contributed by atoms with Gasteiger partial charge < -0.3 is 19.8 Å². The van der Waals surface area contributed by atoms with E-state index in [0.717, 1.165) is 4.47 Å². The Labute approximate surface area is 135 Å². The number of aromatic nitrogens is 1. The third kappa shape index (κ3) is 3.88. The Morgan fingerprint density at radius 2 is 2.05 bits per heavy atom. The Morgan fingerprint density at radius 3 is 2.68 bits per heavy atom. The van der Waals surface area contributed by atoms with Gasteiger partial charge in [0.05, 0.1) is 12.8 Å². The quantitative estimate of drug-likeness (QED) is 0.797. The molecule has 1 aromatic heterocycles. The Balaban J connectivity index is 1.99. The predicted octanol–water partition coefficient (Wildman–Crippen LogP) is 2.97. The van der Waals surface area contributed by atoms with Crippen LogP contribution in [0.2, 0.25) is 0 Å². The second kappa shape index (κ2) is 7.13. The fourth-order valence-corrected chi connectivity index (χ4v) is 2.09. The van der Waals surface area contributed by atoms with Gasteiger partial charge in [-0.15, -0.1) is 0 Å². The molecule has 2 rings (SSSR count). The second-order valence-electron chi connectivity index (χ2n) is 4.47. The highest BCUT2D eigenvalue weighted by Crippen LogP contribution is 2.23. The van der Waals surface area contributed by atoms with Crippen molar-refractivity contribution in [2.75, 3.05) is 12.4 Å². The van der Waals surface area contributed by atoms with E-state index in [-0.39, 0.29) is 5.69 Å². The summed E-state index contributed by atoms with van der Waals surface area (Å²) in [7, 11) is 1.51. The molecule has 0 unspecified atom stereocenters. The van der Waals surface area contributed by atoms with Crippen LogP contribution >= 0.6 is 15.9 Å². The van der Waals surface area contributed by atoms with Crippen LogP contribution in [0.15, 0.2) is 41.0 Å². The van der Waals surface area contributed by atoms with Crippen molar-refractivity contribution in [2.24, 2.45) is 0 Å². The molecule has 1 amide bonds. The summed E-state index contributed by atoms with van der Waals surface area (Å²) in [5.41, 5.74) is 0.782. The summed E-state index contributed by atoms with van der Waals surface area (Å²) in [4.78, 5) is 26.7. The van der Waals surface area contributed by atoms with Crippen molar-refractivity contribution in [1.82, 2.24) is 4.98 Å². The summed E-state index contributed by atoms with van der Waals surface area (Å²) < 4.78 is 11.0. The molecule has 0 bridgehead atoms. The summed E-state index contributed by atoms with van der Waals surface area (Å²) in [5, 5.41) is 2.66. The molecule has 1 atom stereocenters. The minimum atomic E-state index is -0.945. The van der Waals surface area contributed by atoms with Crippen molar-refractivity contribution in [2.45, 2.75) is 13.0 Å². The third-order valence-corrected chi connectivity index (χ3v) is 3.34. The molecule has 1 heterocycles. The zero-order valence-corrected chi connectivity index (χ0v) is 13.6. The third-order valence-electron chi connectivity index (χ3n) is 2.89. The van der Waals surface area contributed by atoms with E-state index in [2.05, 4.69) is 26.2 Å². The van der Waals surface area contributed by atoms with Crippen LogP contribution in [-0.4, -0.2) is 30.1 Å². The molecule has 0 aliphatic rings. The summed E-state index contributed by atoms with van der Waals surface area (Å²) >= 11 is 3.22. The van der Waals surface area contributed by atoms with Gasteiger partial charge in [0.2, 0.25) is 0 Å². The molecular formula is C15H15BrN2O4. The van der Waals surface area contributed by atoms with Gasteiger partial charge in [0.1, 0.15) is 11.4 Å². The van der Waals surface area contributed by atoms with Crippen molar-refractivity contribution in [3.63, 3.8) is 0 Å². The number of benzene rings is 1.